The molecule has 2 fully saturated rings. The Hall–Kier alpha value is -2.10. The van der Waals surface area contributed by atoms with Crippen LogP contribution in [0.15, 0.2) is 18.2 Å². The summed E-state index contributed by atoms with van der Waals surface area (Å²) >= 11 is 6.21. The first-order valence-electron chi connectivity index (χ1n) is 10.5. The van der Waals surface area contributed by atoms with Crippen LogP contribution in [-0.4, -0.2) is 47.2 Å². The molecule has 1 spiro atoms. The minimum Gasteiger partial charge on any atom is -0.404 e. The van der Waals surface area contributed by atoms with Gasteiger partial charge >= 0.3 is 6.36 Å². The van der Waals surface area contributed by atoms with Gasteiger partial charge in [-0.15, -0.1) is 13.2 Å². The molecule has 1 aromatic carbocycles. The first kappa shape index (κ1) is 23.1. The summed E-state index contributed by atoms with van der Waals surface area (Å²) in [6.07, 6.45) is -1.61. The molecule has 2 aliphatic rings. The lowest BCUT2D eigenvalue weighted by atomic mass is 9.77. The van der Waals surface area contributed by atoms with Crippen molar-refractivity contribution in [2.24, 2.45) is 5.41 Å². The molecular formula is C22H25ClF3N3O3. The molecule has 10 heteroatoms. The number of nitrogens with zero attached hydrogens (tertiary/aromatic N) is 3. The molecule has 6 nitrogen and oxygen atoms in total. The number of rotatable bonds is 4. The molecule has 1 atom stereocenters. The van der Waals surface area contributed by atoms with Crippen molar-refractivity contribution in [3.8, 4) is 17.0 Å². The van der Waals surface area contributed by atoms with E-state index in [-0.39, 0.29) is 28.7 Å². The number of aliphatic hydroxyl groups excluding tert-OH is 1. The van der Waals surface area contributed by atoms with Crippen LogP contribution in [0.1, 0.15) is 37.6 Å². The molecule has 174 valence electrons. The van der Waals surface area contributed by atoms with Gasteiger partial charge in [-0.3, -0.25) is 0 Å². The van der Waals surface area contributed by atoms with Crippen LogP contribution in [0.2, 0.25) is 5.02 Å². The lowest BCUT2D eigenvalue weighted by Crippen LogP contribution is -2.41. The predicted molar refractivity (Wildman–Crippen MR) is 114 cm³/mol. The summed E-state index contributed by atoms with van der Waals surface area (Å²) in [6.45, 7) is 5.77. The lowest BCUT2D eigenvalue weighted by molar-refractivity contribution is -0.274. The van der Waals surface area contributed by atoms with Gasteiger partial charge in [-0.05, 0) is 44.6 Å². The number of aliphatic hydroxyl groups is 1. The van der Waals surface area contributed by atoms with E-state index in [0.717, 1.165) is 45.0 Å². The predicted octanol–water partition coefficient (Wildman–Crippen LogP) is 4.89. The summed E-state index contributed by atoms with van der Waals surface area (Å²) in [6, 6.07) is 4.10. The van der Waals surface area contributed by atoms with Gasteiger partial charge in [0.25, 0.3) is 0 Å². The van der Waals surface area contributed by atoms with E-state index in [1.165, 1.54) is 6.07 Å². The van der Waals surface area contributed by atoms with E-state index in [2.05, 4.69) is 26.5 Å². The average Bonchev–Trinajstić information content (AvgIpc) is 3.09. The van der Waals surface area contributed by atoms with Gasteiger partial charge in [-0.2, -0.15) is 0 Å². The molecule has 32 heavy (non-hydrogen) atoms. The Labute approximate surface area is 189 Å². The zero-order valence-corrected chi connectivity index (χ0v) is 18.6. The highest BCUT2D eigenvalue weighted by atomic mass is 35.5. The van der Waals surface area contributed by atoms with Crippen LogP contribution in [0.5, 0.6) is 5.75 Å². The van der Waals surface area contributed by atoms with Crippen molar-refractivity contribution in [3.63, 3.8) is 0 Å². The largest absolute Gasteiger partial charge is 0.573 e. The lowest BCUT2D eigenvalue weighted by Gasteiger charge is -2.39. The number of alkyl halides is 3. The minimum absolute atomic E-state index is 0.199. The first-order chi connectivity index (χ1) is 15.1. The van der Waals surface area contributed by atoms with Gasteiger partial charge in [0.2, 0.25) is 0 Å². The fourth-order valence-corrected chi connectivity index (χ4v) is 4.90. The number of benzene rings is 1. The van der Waals surface area contributed by atoms with Gasteiger partial charge in [0, 0.05) is 18.7 Å². The Morgan fingerprint density at radius 1 is 1.28 bits per heavy atom. The van der Waals surface area contributed by atoms with E-state index in [9.17, 15) is 18.3 Å². The van der Waals surface area contributed by atoms with Crippen molar-refractivity contribution in [3.05, 3.63) is 34.6 Å². The molecule has 2 aliphatic heterocycles. The topological polar surface area (TPSA) is 67.7 Å². The molecular weight excluding hydrogens is 447 g/mol. The van der Waals surface area contributed by atoms with Crippen molar-refractivity contribution in [2.75, 3.05) is 24.6 Å². The van der Waals surface area contributed by atoms with Crippen molar-refractivity contribution in [1.82, 2.24) is 9.97 Å². The maximum Gasteiger partial charge on any atom is 0.573 e. The van der Waals surface area contributed by atoms with Crippen LogP contribution in [0.3, 0.4) is 0 Å². The van der Waals surface area contributed by atoms with Crippen LogP contribution in [0, 0.1) is 12.3 Å². The zero-order chi connectivity index (χ0) is 23.1. The SMILES string of the molecule is Cc1nc(N2CCC3(CC2)CO[C@@H](C)C3)c(CO)nc1-c1cccc(OC(F)(F)F)c1Cl. The van der Waals surface area contributed by atoms with Crippen molar-refractivity contribution in [2.45, 2.75) is 52.2 Å². The van der Waals surface area contributed by atoms with Gasteiger partial charge < -0.3 is 19.5 Å². The molecule has 1 N–H and O–H groups in total. The quantitative estimate of drug-likeness (QED) is 0.684. The van der Waals surface area contributed by atoms with Crippen LogP contribution >= 0.6 is 11.6 Å². The second-order valence-electron chi connectivity index (χ2n) is 8.56. The van der Waals surface area contributed by atoms with Gasteiger partial charge in [0.1, 0.15) is 11.4 Å². The highest BCUT2D eigenvalue weighted by molar-refractivity contribution is 6.34. The van der Waals surface area contributed by atoms with Crippen LogP contribution in [-0.2, 0) is 11.3 Å². The number of aryl methyl sites for hydroxylation is 1. The third kappa shape index (κ3) is 4.65. The van der Waals surface area contributed by atoms with Crippen LogP contribution < -0.4 is 9.64 Å². The first-order valence-corrected chi connectivity index (χ1v) is 10.9. The summed E-state index contributed by atoms with van der Waals surface area (Å²) in [4.78, 5) is 11.3. The summed E-state index contributed by atoms with van der Waals surface area (Å²) in [5.41, 5.74) is 1.62. The molecule has 0 saturated carbocycles. The number of hydrogen-bond acceptors (Lipinski definition) is 6. The van der Waals surface area contributed by atoms with Crippen molar-refractivity contribution >= 4 is 17.4 Å². The Morgan fingerprint density at radius 3 is 2.59 bits per heavy atom. The molecule has 3 heterocycles. The maximum absolute atomic E-state index is 12.7. The molecule has 2 aromatic rings. The fourth-order valence-electron chi connectivity index (χ4n) is 4.64. The summed E-state index contributed by atoms with van der Waals surface area (Å²) < 4.78 is 47.9. The third-order valence-corrected chi connectivity index (χ3v) is 6.62. The monoisotopic (exact) mass is 471 g/mol. The highest BCUT2D eigenvalue weighted by Crippen LogP contribution is 2.43. The van der Waals surface area contributed by atoms with E-state index in [0.29, 0.717) is 22.9 Å². The number of halogens is 4. The van der Waals surface area contributed by atoms with E-state index in [1.807, 2.05) is 0 Å². The van der Waals surface area contributed by atoms with Crippen molar-refractivity contribution in [1.29, 1.82) is 0 Å². The van der Waals surface area contributed by atoms with E-state index in [1.54, 1.807) is 13.0 Å². The minimum atomic E-state index is -4.86. The van der Waals surface area contributed by atoms with Gasteiger partial charge in [-0.1, -0.05) is 23.7 Å². The Morgan fingerprint density at radius 2 is 2.00 bits per heavy atom. The van der Waals surface area contributed by atoms with Crippen LogP contribution in [0.25, 0.3) is 11.3 Å². The molecule has 0 radical (unpaired) electrons. The van der Waals surface area contributed by atoms with Gasteiger partial charge in [0.15, 0.2) is 5.82 Å². The molecule has 0 bridgehead atoms. The Balaban J connectivity index is 1.62. The summed E-state index contributed by atoms with van der Waals surface area (Å²) in [5.74, 6) is 0.0798. The van der Waals surface area contributed by atoms with Gasteiger partial charge in [-0.25, -0.2) is 9.97 Å². The molecule has 0 aliphatic carbocycles. The second kappa shape index (κ2) is 8.68. The van der Waals surface area contributed by atoms with E-state index < -0.39 is 12.1 Å². The molecule has 0 unspecified atom stereocenters. The summed E-state index contributed by atoms with van der Waals surface area (Å²) in [5, 5.41) is 9.76. The Kier molecular flexibility index (Phi) is 6.26. The van der Waals surface area contributed by atoms with E-state index in [4.69, 9.17) is 16.3 Å². The normalized spacial score (nSPS) is 20.7. The fraction of sp³-hybridized carbons (Fsp3) is 0.545. The number of piperidine rings is 1. The molecule has 0 amide bonds. The Bertz CT molecular complexity index is 994. The number of aromatic nitrogens is 2. The van der Waals surface area contributed by atoms with Crippen molar-refractivity contribution < 1.29 is 27.8 Å². The summed E-state index contributed by atoms with van der Waals surface area (Å²) in [7, 11) is 0. The van der Waals surface area contributed by atoms with E-state index >= 15 is 0 Å². The maximum atomic E-state index is 12.7. The number of hydrogen-bond donors (Lipinski definition) is 1. The standard InChI is InChI=1S/C22H25ClF3N3O3/c1-13-10-21(12-31-13)6-8-29(9-7-21)20-16(11-30)28-19(14(2)27-20)15-4-3-5-17(18(15)23)32-22(24,25)26/h3-5,13,30H,6-12H2,1-2H3/t13-/m0/s1. The third-order valence-electron chi connectivity index (χ3n) is 6.23. The zero-order valence-electron chi connectivity index (χ0n) is 17.9. The average molecular weight is 472 g/mol. The molecule has 2 saturated heterocycles. The van der Waals surface area contributed by atoms with Gasteiger partial charge in [0.05, 0.1) is 35.7 Å². The van der Waals surface area contributed by atoms with Crippen LogP contribution in [0.4, 0.5) is 19.0 Å². The molecule has 1 aromatic heterocycles. The highest BCUT2D eigenvalue weighted by Gasteiger charge is 2.41. The smallest absolute Gasteiger partial charge is 0.404 e. The number of anilines is 1. The molecule has 4 rings (SSSR count). The second-order valence-corrected chi connectivity index (χ2v) is 8.94. The number of ether oxygens (including phenoxy) is 2.